The maximum atomic E-state index is 3.46. The Morgan fingerprint density at radius 2 is 2.00 bits per heavy atom. The number of aryl methyl sites for hydroxylation is 1. The highest BCUT2D eigenvalue weighted by atomic mass is 32.1. The summed E-state index contributed by atoms with van der Waals surface area (Å²) >= 11 is 1.91. The van der Waals surface area contributed by atoms with Crippen LogP contribution in [0.3, 0.4) is 0 Å². The fourth-order valence-corrected chi connectivity index (χ4v) is 2.16. The van der Waals surface area contributed by atoms with Crippen molar-refractivity contribution < 1.29 is 0 Å². The van der Waals surface area contributed by atoms with Gasteiger partial charge in [0, 0.05) is 28.3 Å². The average Bonchev–Trinajstić information content (AvgIpc) is 2.47. The van der Waals surface area contributed by atoms with Crippen LogP contribution >= 0.6 is 11.3 Å². The Hall–Kier alpha value is -0.340. The summed E-state index contributed by atoms with van der Waals surface area (Å²) in [5.74, 6) is 0.640. The molecular formula is C11H19NS. The molecule has 1 nitrogen and oxygen atoms in total. The highest BCUT2D eigenvalue weighted by Crippen LogP contribution is 2.23. The van der Waals surface area contributed by atoms with E-state index in [9.17, 15) is 0 Å². The van der Waals surface area contributed by atoms with Crippen molar-refractivity contribution in [2.75, 3.05) is 6.54 Å². The van der Waals surface area contributed by atoms with Gasteiger partial charge in [0.1, 0.15) is 0 Å². The van der Waals surface area contributed by atoms with Gasteiger partial charge in [-0.25, -0.2) is 0 Å². The van der Waals surface area contributed by atoms with Crippen molar-refractivity contribution in [1.29, 1.82) is 0 Å². The molecule has 0 aromatic carbocycles. The van der Waals surface area contributed by atoms with E-state index in [0.29, 0.717) is 12.0 Å². The van der Waals surface area contributed by atoms with E-state index in [-0.39, 0.29) is 0 Å². The zero-order valence-corrected chi connectivity index (χ0v) is 9.74. The summed E-state index contributed by atoms with van der Waals surface area (Å²) in [6.07, 6.45) is 0. The third-order valence-electron chi connectivity index (χ3n) is 2.08. The predicted octanol–water partition coefficient (Wildman–Crippen LogP) is 3.16. The van der Waals surface area contributed by atoms with E-state index >= 15 is 0 Å². The molecule has 1 aromatic rings. The fraction of sp³-hybridized carbons (Fsp3) is 0.636. The molecule has 0 aliphatic carbocycles. The van der Waals surface area contributed by atoms with Crippen LogP contribution in [-0.4, -0.2) is 12.6 Å². The summed E-state index contributed by atoms with van der Waals surface area (Å²) in [6.45, 7) is 9.90. The maximum Gasteiger partial charge on any atom is 0.00889 e. The lowest BCUT2D eigenvalue weighted by Gasteiger charge is -2.13. The van der Waals surface area contributed by atoms with Gasteiger partial charge >= 0.3 is 0 Å². The standard InChI is InChI=1S/C11H19NS/c1-8(2)12-7-9(3)11-6-5-10(4)13-11/h5-6,8-9,12H,7H2,1-4H3. The van der Waals surface area contributed by atoms with E-state index < -0.39 is 0 Å². The van der Waals surface area contributed by atoms with Gasteiger partial charge in [-0.15, -0.1) is 11.3 Å². The number of hydrogen-bond acceptors (Lipinski definition) is 2. The van der Waals surface area contributed by atoms with E-state index in [1.165, 1.54) is 9.75 Å². The zero-order chi connectivity index (χ0) is 9.84. The van der Waals surface area contributed by atoms with Crippen LogP contribution in [0.15, 0.2) is 12.1 Å². The summed E-state index contributed by atoms with van der Waals surface area (Å²) < 4.78 is 0. The Kier molecular flexibility index (Phi) is 3.94. The molecule has 0 saturated heterocycles. The van der Waals surface area contributed by atoms with Crippen molar-refractivity contribution in [1.82, 2.24) is 5.32 Å². The first-order valence-corrected chi connectivity index (χ1v) is 5.71. The Morgan fingerprint density at radius 1 is 1.31 bits per heavy atom. The second-order valence-corrected chi connectivity index (χ2v) is 5.23. The van der Waals surface area contributed by atoms with Crippen LogP contribution in [0.1, 0.15) is 36.4 Å². The van der Waals surface area contributed by atoms with Crippen LogP contribution in [0.2, 0.25) is 0 Å². The lowest BCUT2D eigenvalue weighted by Crippen LogP contribution is -2.26. The molecule has 0 amide bonds. The molecule has 2 heteroatoms. The van der Waals surface area contributed by atoms with Gasteiger partial charge in [-0.1, -0.05) is 20.8 Å². The van der Waals surface area contributed by atoms with Gasteiger partial charge in [0.25, 0.3) is 0 Å². The smallest absolute Gasteiger partial charge is 0.00889 e. The second kappa shape index (κ2) is 4.77. The normalized spacial score (nSPS) is 13.6. The summed E-state index contributed by atoms with van der Waals surface area (Å²) in [5, 5.41) is 3.46. The highest BCUT2D eigenvalue weighted by molar-refractivity contribution is 7.12. The molecule has 0 fully saturated rings. The molecule has 1 rings (SSSR count). The first-order chi connectivity index (χ1) is 6.09. The van der Waals surface area contributed by atoms with Gasteiger partial charge in [0.2, 0.25) is 0 Å². The predicted molar refractivity (Wildman–Crippen MR) is 60.6 cm³/mol. The molecule has 1 unspecified atom stereocenters. The average molecular weight is 197 g/mol. The SMILES string of the molecule is Cc1ccc(C(C)CNC(C)C)s1. The van der Waals surface area contributed by atoms with Crippen LogP contribution in [0.25, 0.3) is 0 Å². The minimum absolute atomic E-state index is 0.587. The number of hydrogen-bond donors (Lipinski definition) is 1. The van der Waals surface area contributed by atoms with E-state index in [4.69, 9.17) is 0 Å². The molecule has 1 atom stereocenters. The van der Waals surface area contributed by atoms with Gasteiger partial charge in [-0.3, -0.25) is 0 Å². The first kappa shape index (κ1) is 10.7. The minimum atomic E-state index is 0.587. The molecule has 1 N–H and O–H groups in total. The molecule has 13 heavy (non-hydrogen) atoms. The molecule has 1 aromatic heterocycles. The monoisotopic (exact) mass is 197 g/mol. The quantitative estimate of drug-likeness (QED) is 0.782. The number of rotatable bonds is 4. The summed E-state index contributed by atoms with van der Waals surface area (Å²) in [5.41, 5.74) is 0. The van der Waals surface area contributed by atoms with Crippen LogP contribution in [0.4, 0.5) is 0 Å². The van der Waals surface area contributed by atoms with Crippen molar-refractivity contribution >= 4 is 11.3 Å². The number of nitrogens with one attached hydrogen (secondary N) is 1. The third-order valence-corrected chi connectivity index (χ3v) is 3.31. The summed E-state index contributed by atoms with van der Waals surface area (Å²) in [4.78, 5) is 2.90. The van der Waals surface area contributed by atoms with Gasteiger partial charge in [-0.2, -0.15) is 0 Å². The number of thiophene rings is 1. The Labute approximate surface area is 85.2 Å². The van der Waals surface area contributed by atoms with Gasteiger partial charge in [0.15, 0.2) is 0 Å². The molecule has 0 spiro atoms. The van der Waals surface area contributed by atoms with E-state index in [0.717, 1.165) is 6.54 Å². The summed E-state index contributed by atoms with van der Waals surface area (Å²) in [7, 11) is 0. The van der Waals surface area contributed by atoms with Crippen molar-refractivity contribution in [2.24, 2.45) is 0 Å². The summed E-state index contributed by atoms with van der Waals surface area (Å²) in [6, 6.07) is 5.03. The van der Waals surface area contributed by atoms with Crippen molar-refractivity contribution in [3.63, 3.8) is 0 Å². The Balaban J connectivity index is 2.44. The lowest BCUT2D eigenvalue weighted by atomic mass is 10.1. The van der Waals surface area contributed by atoms with Crippen molar-refractivity contribution in [3.8, 4) is 0 Å². The third kappa shape index (κ3) is 3.49. The molecular weight excluding hydrogens is 178 g/mol. The second-order valence-electron chi connectivity index (χ2n) is 3.91. The molecule has 74 valence electrons. The highest BCUT2D eigenvalue weighted by Gasteiger charge is 2.07. The van der Waals surface area contributed by atoms with E-state index in [1.54, 1.807) is 0 Å². The zero-order valence-electron chi connectivity index (χ0n) is 8.92. The van der Waals surface area contributed by atoms with Crippen molar-refractivity contribution in [3.05, 3.63) is 21.9 Å². The van der Waals surface area contributed by atoms with Crippen LogP contribution in [-0.2, 0) is 0 Å². The lowest BCUT2D eigenvalue weighted by molar-refractivity contribution is 0.552. The van der Waals surface area contributed by atoms with Gasteiger partial charge in [0.05, 0.1) is 0 Å². The molecule has 0 radical (unpaired) electrons. The molecule has 0 saturated carbocycles. The Bertz CT molecular complexity index is 252. The van der Waals surface area contributed by atoms with Gasteiger partial charge < -0.3 is 5.32 Å². The topological polar surface area (TPSA) is 12.0 Å². The maximum absolute atomic E-state index is 3.46. The Morgan fingerprint density at radius 3 is 2.46 bits per heavy atom. The van der Waals surface area contributed by atoms with Crippen LogP contribution in [0, 0.1) is 6.92 Å². The minimum Gasteiger partial charge on any atom is -0.314 e. The van der Waals surface area contributed by atoms with Gasteiger partial charge in [-0.05, 0) is 19.1 Å². The van der Waals surface area contributed by atoms with E-state index in [1.807, 2.05) is 11.3 Å². The molecule has 0 aliphatic rings. The molecule has 0 aliphatic heterocycles. The largest absolute Gasteiger partial charge is 0.314 e. The first-order valence-electron chi connectivity index (χ1n) is 4.89. The van der Waals surface area contributed by atoms with Crippen LogP contribution < -0.4 is 5.32 Å². The molecule has 1 heterocycles. The van der Waals surface area contributed by atoms with Crippen molar-refractivity contribution in [2.45, 2.75) is 39.7 Å². The van der Waals surface area contributed by atoms with E-state index in [2.05, 4.69) is 45.1 Å². The fourth-order valence-electron chi connectivity index (χ4n) is 1.23. The molecule has 0 bridgehead atoms. The van der Waals surface area contributed by atoms with Crippen LogP contribution in [0.5, 0.6) is 0 Å².